The van der Waals surface area contributed by atoms with Gasteiger partial charge in [-0.05, 0) is 32.6 Å². The molecular formula is C14H24N2O3. The Morgan fingerprint density at radius 3 is 2.95 bits per heavy atom. The lowest BCUT2D eigenvalue weighted by Crippen LogP contribution is -2.51. The Hall–Kier alpha value is -1.10. The average molecular weight is 268 g/mol. The lowest BCUT2D eigenvalue weighted by atomic mass is 10.0. The highest BCUT2D eigenvalue weighted by Crippen LogP contribution is 2.18. The third-order valence-electron chi connectivity index (χ3n) is 4.01. The Morgan fingerprint density at radius 1 is 1.58 bits per heavy atom. The van der Waals surface area contributed by atoms with Gasteiger partial charge in [0.05, 0.1) is 6.10 Å². The summed E-state index contributed by atoms with van der Waals surface area (Å²) in [4.78, 5) is 25.8. The molecule has 0 saturated carbocycles. The molecule has 0 aromatic carbocycles. The number of carbonyl (C=O) groups is 2. The largest absolute Gasteiger partial charge is 0.378 e. The van der Waals surface area contributed by atoms with Gasteiger partial charge in [-0.1, -0.05) is 6.92 Å². The molecular weight excluding hydrogens is 244 g/mol. The molecule has 2 saturated heterocycles. The lowest BCUT2D eigenvalue weighted by Gasteiger charge is -2.31. The first kappa shape index (κ1) is 14.3. The van der Waals surface area contributed by atoms with Crippen LogP contribution in [0.3, 0.4) is 0 Å². The molecule has 3 atom stereocenters. The zero-order chi connectivity index (χ0) is 13.8. The summed E-state index contributed by atoms with van der Waals surface area (Å²) in [6.07, 6.45) is 4.05. The molecule has 0 spiro atoms. The number of hydrogen-bond donors (Lipinski definition) is 1. The number of amides is 2. The van der Waals surface area contributed by atoms with Crippen molar-refractivity contribution in [3.8, 4) is 0 Å². The Balaban J connectivity index is 1.91. The van der Waals surface area contributed by atoms with E-state index in [4.69, 9.17) is 4.74 Å². The van der Waals surface area contributed by atoms with Gasteiger partial charge in [-0.3, -0.25) is 9.59 Å². The van der Waals surface area contributed by atoms with Crippen molar-refractivity contribution in [3.05, 3.63) is 0 Å². The van der Waals surface area contributed by atoms with Crippen LogP contribution in [0.15, 0.2) is 0 Å². The van der Waals surface area contributed by atoms with Gasteiger partial charge in [-0.25, -0.2) is 0 Å². The highest BCUT2D eigenvalue weighted by molar-refractivity contribution is 5.88. The van der Waals surface area contributed by atoms with Crippen LogP contribution in [0.4, 0.5) is 0 Å². The molecule has 2 heterocycles. The highest BCUT2D eigenvalue weighted by Gasteiger charge is 2.33. The summed E-state index contributed by atoms with van der Waals surface area (Å²) in [5.41, 5.74) is 0. The molecule has 5 heteroatoms. The van der Waals surface area contributed by atoms with E-state index in [-0.39, 0.29) is 30.0 Å². The third kappa shape index (κ3) is 3.47. The monoisotopic (exact) mass is 268 g/mol. The van der Waals surface area contributed by atoms with Crippen molar-refractivity contribution in [2.45, 2.75) is 64.1 Å². The van der Waals surface area contributed by atoms with Gasteiger partial charge in [-0.2, -0.15) is 0 Å². The standard InChI is InChI=1S/C14H24N2O3/c1-3-12(16-7-4-5-13(16)17)14(18)15-11-6-8-19-10(2)9-11/h10-12H,3-9H2,1-2H3,(H,15,18)/t10-,11-,12+/m0/s1. The van der Waals surface area contributed by atoms with Crippen molar-refractivity contribution in [1.29, 1.82) is 0 Å². The van der Waals surface area contributed by atoms with Crippen LogP contribution in [0.1, 0.15) is 46.0 Å². The second-order valence-corrected chi connectivity index (χ2v) is 5.53. The minimum absolute atomic E-state index is 0.00292. The number of nitrogens with zero attached hydrogens (tertiary/aromatic N) is 1. The second kappa shape index (κ2) is 6.37. The molecule has 0 aliphatic carbocycles. The zero-order valence-corrected chi connectivity index (χ0v) is 11.9. The second-order valence-electron chi connectivity index (χ2n) is 5.53. The zero-order valence-electron chi connectivity index (χ0n) is 11.9. The molecule has 2 fully saturated rings. The molecule has 2 rings (SSSR count). The molecule has 0 radical (unpaired) electrons. The molecule has 108 valence electrons. The van der Waals surface area contributed by atoms with Gasteiger partial charge in [0.25, 0.3) is 0 Å². The van der Waals surface area contributed by atoms with Crippen molar-refractivity contribution in [2.75, 3.05) is 13.2 Å². The van der Waals surface area contributed by atoms with E-state index in [1.807, 2.05) is 13.8 Å². The molecule has 0 unspecified atom stereocenters. The van der Waals surface area contributed by atoms with Crippen LogP contribution in [-0.4, -0.2) is 48.1 Å². The number of carbonyl (C=O) groups excluding carboxylic acids is 2. The molecule has 2 aliphatic rings. The molecule has 0 aromatic rings. The molecule has 0 aromatic heterocycles. The summed E-state index contributed by atoms with van der Waals surface area (Å²) >= 11 is 0. The average Bonchev–Trinajstić information content (AvgIpc) is 2.77. The molecule has 5 nitrogen and oxygen atoms in total. The van der Waals surface area contributed by atoms with E-state index in [2.05, 4.69) is 5.32 Å². The Kier molecular flexibility index (Phi) is 4.80. The van der Waals surface area contributed by atoms with Gasteiger partial charge in [0, 0.05) is 25.6 Å². The molecule has 0 bridgehead atoms. The summed E-state index contributed by atoms with van der Waals surface area (Å²) in [6.45, 7) is 5.41. The fraction of sp³-hybridized carbons (Fsp3) is 0.857. The van der Waals surface area contributed by atoms with Crippen molar-refractivity contribution < 1.29 is 14.3 Å². The van der Waals surface area contributed by atoms with Gasteiger partial charge in [0.2, 0.25) is 11.8 Å². The van der Waals surface area contributed by atoms with Crippen molar-refractivity contribution in [1.82, 2.24) is 10.2 Å². The number of ether oxygens (including phenoxy) is 1. The number of rotatable bonds is 4. The summed E-state index contributed by atoms with van der Waals surface area (Å²) in [7, 11) is 0. The first-order chi connectivity index (χ1) is 9.11. The van der Waals surface area contributed by atoms with Gasteiger partial charge in [0.15, 0.2) is 0 Å². The van der Waals surface area contributed by atoms with Gasteiger partial charge in [-0.15, -0.1) is 0 Å². The van der Waals surface area contributed by atoms with Crippen molar-refractivity contribution in [2.24, 2.45) is 0 Å². The van der Waals surface area contributed by atoms with Crippen LogP contribution >= 0.6 is 0 Å². The Morgan fingerprint density at radius 2 is 2.37 bits per heavy atom. The number of likely N-dealkylation sites (tertiary alicyclic amines) is 1. The van der Waals surface area contributed by atoms with Gasteiger partial charge in [0.1, 0.15) is 6.04 Å². The van der Waals surface area contributed by atoms with E-state index in [0.29, 0.717) is 19.4 Å². The third-order valence-corrected chi connectivity index (χ3v) is 4.01. The molecule has 2 aliphatic heterocycles. The maximum atomic E-state index is 12.3. The molecule has 19 heavy (non-hydrogen) atoms. The van der Waals surface area contributed by atoms with E-state index >= 15 is 0 Å². The topological polar surface area (TPSA) is 58.6 Å². The van der Waals surface area contributed by atoms with Crippen LogP contribution < -0.4 is 5.32 Å². The molecule has 2 amide bonds. The lowest BCUT2D eigenvalue weighted by molar-refractivity contribution is -0.138. The summed E-state index contributed by atoms with van der Waals surface area (Å²) in [6, 6.07) is -0.115. The van der Waals surface area contributed by atoms with E-state index in [1.54, 1.807) is 4.90 Å². The van der Waals surface area contributed by atoms with Crippen LogP contribution in [-0.2, 0) is 14.3 Å². The van der Waals surface area contributed by atoms with E-state index < -0.39 is 0 Å². The quantitative estimate of drug-likeness (QED) is 0.829. The first-order valence-electron chi connectivity index (χ1n) is 7.33. The predicted molar refractivity (Wildman–Crippen MR) is 71.6 cm³/mol. The smallest absolute Gasteiger partial charge is 0.243 e. The maximum Gasteiger partial charge on any atom is 0.243 e. The van der Waals surface area contributed by atoms with Gasteiger partial charge < -0.3 is 15.0 Å². The van der Waals surface area contributed by atoms with Gasteiger partial charge >= 0.3 is 0 Å². The fourth-order valence-corrected chi connectivity index (χ4v) is 2.97. The fourth-order valence-electron chi connectivity index (χ4n) is 2.97. The number of hydrogen-bond acceptors (Lipinski definition) is 3. The highest BCUT2D eigenvalue weighted by atomic mass is 16.5. The predicted octanol–water partition coefficient (Wildman–Crippen LogP) is 1.07. The number of nitrogens with one attached hydrogen (secondary N) is 1. The van der Waals surface area contributed by atoms with E-state index in [1.165, 1.54) is 0 Å². The van der Waals surface area contributed by atoms with E-state index in [0.717, 1.165) is 25.8 Å². The minimum Gasteiger partial charge on any atom is -0.378 e. The molecule has 1 N–H and O–H groups in total. The van der Waals surface area contributed by atoms with E-state index in [9.17, 15) is 9.59 Å². The van der Waals surface area contributed by atoms with Crippen LogP contribution in [0, 0.1) is 0 Å². The van der Waals surface area contributed by atoms with Crippen molar-refractivity contribution in [3.63, 3.8) is 0 Å². The van der Waals surface area contributed by atoms with Crippen LogP contribution in [0.2, 0.25) is 0 Å². The maximum absolute atomic E-state index is 12.3. The van der Waals surface area contributed by atoms with Crippen molar-refractivity contribution >= 4 is 11.8 Å². The summed E-state index contributed by atoms with van der Waals surface area (Å²) in [5, 5.41) is 3.08. The summed E-state index contributed by atoms with van der Waals surface area (Å²) in [5.74, 6) is 0.110. The minimum atomic E-state index is -0.298. The first-order valence-corrected chi connectivity index (χ1v) is 7.33. The van der Waals surface area contributed by atoms with Crippen LogP contribution in [0.5, 0.6) is 0 Å². The Labute approximate surface area is 114 Å². The Bertz CT molecular complexity index is 346. The normalized spacial score (nSPS) is 29.4. The summed E-state index contributed by atoms with van der Waals surface area (Å²) < 4.78 is 5.48. The van der Waals surface area contributed by atoms with Crippen LogP contribution in [0.25, 0.3) is 0 Å². The SMILES string of the molecule is CC[C@H](C(=O)N[C@H]1CCO[C@@H](C)C1)N1CCCC1=O.